The molecule has 1 saturated carbocycles. The summed E-state index contributed by atoms with van der Waals surface area (Å²) in [4.78, 5) is 13.6. The first-order valence-corrected chi connectivity index (χ1v) is 6.63. The molecule has 2 rings (SSSR count). The minimum Gasteiger partial charge on any atom is -0.492 e. The van der Waals surface area contributed by atoms with Crippen molar-refractivity contribution in [3.63, 3.8) is 0 Å². The van der Waals surface area contributed by atoms with Crippen molar-refractivity contribution in [2.24, 2.45) is 0 Å². The summed E-state index contributed by atoms with van der Waals surface area (Å²) in [6.45, 7) is 2.79. The highest BCUT2D eigenvalue weighted by molar-refractivity contribution is 5.84. The molecule has 1 aliphatic carbocycles. The highest BCUT2D eigenvalue weighted by Crippen LogP contribution is 2.31. The fourth-order valence-corrected chi connectivity index (χ4v) is 1.95. The maximum atomic E-state index is 11.8. The summed E-state index contributed by atoms with van der Waals surface area (Å²) in [7, 11) is 1.86. The number of carbonyl (C=O) groups excluding carboxylic acids is 1. The van der Waals surface area contributed by atoms with Crippen LogP contribution >= 0.6 is 0 Å². The van der Waals surface area contributed by atoms with E-state index in [-0.39, 0.29) is 5.91 Å². The Morgan fingerprint density at radius 2 is 2.26 bits per heavy atom. The molecule has 19 heavy (non-hydrogen) atoms. The standard InChI is InChI=1S/C14H21N3O2/c1-3-19-12-6-4-5-11(14(12)15)17(2)9-13(18)16-10-7-8-10/h4-6,10H,3,7-9,15H2,1-2H3,(H,16,18). The van der Waals surface area contributed by atoms with E-state index in [2.05, 4.69) is 5.32 Å². The molecule has 1 fully saturated rings. The third kappa shape index (κ3) is 3.53. The van der Waals surface area contributed by atoms with Gasteiger partial charge in [0.2, 0.25) is 5.91 Å². The number of benzene rings is 1. The summed E-state index contributed by atoms with van der Waals surface area (Å²) in [5.74, 6) is 0.695. The van der Waals surface area contributed by atoms with Crippen LogP contribution in [0.5, 0.6) is 5.75 Å². The van der Waals surface area contributed by atoms with Crippen LogP contribution in [0.15, 0.2) is 18.2 Å². The molecule has 0 saturated heterocycles. The van der Waals surface area contributed by atoms with Crippen LogP contribution in [0.4, 0.5) is 11.4 Å². The second-order valence-electron chi connectivity index (χ2n) is 4.82. The first-order chi connectivity index (χ1) is 9.11. The number of hydrogen-bond acceptors (Lipinski definition) is 4. The van der Waals surface area contributed by atoms with Crippen molar-refractivity contribution >= 4 is 17.3 Å². The Morgan fingerprint density at radius 3 is 2.89 bits per heavy atom. The van der Waals surface area contributed by atoms with E-state index >= 15 is 0 Å². The molecule has 5 nitrogen and oxygen atoms in total. The molecule has 104 valence electrons. The smallest absolute Gasteiger partial charge is 0.239 e. The fourth-order valence-electron chi connectivity index (χ4n) is 1.95. The summed E-state index contributed by atoms with van der Waals surface area (Å²) < 4.78 is 5.45. The van der Waals surface area contributed by atoms with E-state index in [1.54, 1.807) is 0 Å². The lowest BCUT2D eigenvalue weighted by Gasteiger charge is -2.21. The Morgan fingerprint density at radius 1 is 1.53 bits per heavy atom. The Kier molecular flexibility index (Phi) is 4.14. The lowest BCUT2D eigenvalue weighted by atomic mass is 10.2. The molecule has 1 amide bonds. The second-order valence-corrected chi connectivity index (χ2v) is 4.82. The van der Waals surface area contributed by atoms with Crippen molar-refractivity contribution in [3.05, 3.63) is 18.2 Å². The van der Waals surface area contributed by atoms with Gasteiger partial charge in [-0.1, -0.05) is 6.07 Å². The fraction of sp³-hybridized carbons (Fsp3) is 0.500. The molecule has 0 bridgehead atoms. The lowest BCUT2D eigenvalue weighted by Crippen LogP contribution is -2.36. The number of para-hydroxylation sites is 1. The molecule has 1 aliphatic rings. The Labute approximate surface area is 113 Å². The lowest BCUT2D eigenvalue weighted by molar-refractivity contribution is -0.119. The minimum atomic E-state index is 0.0335. The number of carbonyl (C=O) groups is 1. The van der Waals surface area contributed by atoms with Gasteiger partial charge in [0.25, 0.3) is 0 Å². The molecule has 0 unspecified atom stereocenters. The van der Waals surface area contributed by atoms with Crippen molar-refractivity contribution in [3.8, 4) is 5.75 Å². The molecule has 0 aromatic heterocycles. The molecule has 1 aromatic carbocycles. The Bertz CT molecular complexity index is 458. The first kappa shape index (κ1) is 13.5. The largest absolute Gasteiger partial charge is 0.492 e. The monoisotopic (exact) mass is 263 g/mol. The van der Waals surface area contributed by atoms with Gasteiger partial charge in [-0.25, -0.2) is 0 Å². The molecule has 0 heterocycles. The summed E-state index contributed by atoms with van der Waals surface area (Å²) in [5, 5.41) is 2.96. The van der Waals surface area contributed by atoms with Crippen LogP contribution in [0.3, 0.4) is 0 Å². The van der Waals surface area contributed by atoms with E-state index in [9.17, 15) is 4.79 Å². The van der Waals surface area contributed by atoms with Crippen LogP contribution in [0.25, 0.3) is 0 Å². The predicted octanol–water partition coefficient (Wildman–Crippen LogP) is 1.38. The number of nitrogen functional groups attached to an aromatic ring is 1. The molecular weight excluding hydrogens is 242 g/mol. The highest BCUT2D eigenvalue weighted by Gasteiger charge is 2.23. The minimum absolute atomic E-state index is 0.0335. The number of anilines is 2. The zero-order valence-electron chi connectivity index (χ0n) is 11.5. The average molecular weight is 263 g/mol. The molecular formula is C14H21N3O2. The van der Waals surface area contributed by atoms with E-state index in [1.807, 2.05) is 37.1 Å². The van der Waals surface area contributed by atoms with E-state index in [4.69, 9.17) is 10.5 Å². The Balaban J connectivity index is 2.02. The number of rotatable bonds is 6. The molecule has 5 heteroatoms. The van der Waals surface area contributed by atoms with Crippen molar-refractivity contribution in [2.45, 2.75) is 25.8 Å². The van der Waals surface area contributed by atoms with Gasteiger partial charge in [0.15, 0.2) is 0 Å². The Hall–Kier alpha value is -1.91. The zero-order valence-corrected chi connectivity index (χ0v) is 11.5. The SMILES string of the molecule is CCOc1cccc(N(C)CC(=O)NC2CC2)c1N. The normalized spacial score (nSPS) is 14.0. The van der Waals surface area contributed by atoms with Crippen molar-refractivity contribution in [1.29, 1.82) is 0 Å². The van der Waals surface area contributed by atoms with Gasteiger partial charge >= 0.3 is 0 Å². The maximum absolute atomic E-state index is 11.8. The van der Waals surface area contributed by atoms with E-state index < -0.39 is 0 Å². The quantitative estimate of drug-likeness (QED) is 0.761. The van der Waals surface area contributed by atoms with E-state index in [0.717, 1.165) is 18.5 Å². The van der Waals surface area contributed by atoms with Crippen LogP contribution in [-0.2, 0) is 4.79 Å². The summed E-state index contributed by atoms with van der Waals surface area (Å²) in [6, 6.07) is 5.99. The van der Waals surface area contributed by atoms with Crippen LogP contribution in [0.1, 0.15) is 19.8 Å². The molecule has 0 radical (unpaired) electrons. The maximum Gasteiger partial charge on any atom is 0.239 e. The van der Waals surface area contributed by atoms with Gasteiger partial charge in [-0.3, -0.25) is 4.79 Å². The topological polar surface area (TPSA) is 67.6 Å². The van der Waals surface area contributed by atoms with Crippen LogP contribution in [0, 0.1) is 0 Å². The number of hydrogen-bond donors (Lipinski definition) is 2. The van der Waals surface area contributed by atoms with Gasteiger partial charge in [0.1, 0.15) is 5.75 Å². The molecule has 0 aliphatic heterocycles. The van der Waals surface area contributed by atoms with Crippen LogP contribution in [-0.4, -0.2) is 32.1 Å². The van der Waals surface area contributed by atoms with Gasteiger partial charge in [0, 0.05) is 13.1 Å². The van der Waals surface area contributed by atoms with Gasteiger partial charge in [-0.15, -0.1) is 0 Å². The zero-order chi connectivity index (χ0) is 13.8. The van der Waals surface area contributed by atoms with E-state index in [0.29, 0.717) is 30.6 Å². The molecule has 0 spiro atoms. The third-order valence-corrected chi connectivity index (χ3v) is 3.08. The van der Waals surface area contributed by atoms with Crippen molar-refractivity contribution < 1.29 is 9.53 Å². The van der Waals surface area contributed by atoms with E-state index in [1.165, 1.54) is 0 Å². The van der Waals surface area contributed by atoms with Crippen molar-refractivity contribution in [1.82, 2.24) is 5.32 Å². The molecule has 1 aromatic rings. The first-order valence-electron chi connectivity index (χ1n) is 6.63. The molecule has 0 atom stereocenters. The third-order valence-electron chi connectivity index (χ3n) is 3.08. The number of nitrogens with two attached hydrogens (primary N) is 1. The number of amides is 1. The summed E-state index contributed by atoms with van der Waals surface area (Å²) in [5.41, 5.74) is 7.45. The summed E-state index contributed by atoms with van der Waals surface area (Å²) in [6.07, 6.45) is 2.19. The predicted molar refractivity (Wildman–Crippen MR) is 76.5 cm³/mol. The number of nitrogens with one attached hydrogen (secondary N) is 1. The second kappa shape index (κ2) is 5.82. The van der Waals surface area contributed by atoms with Crippen molar-refractivity contribution in [2.75, 3.05) is 30.8 Å². The summed E-state index contributed by atoms with van der Waals surface area (Å²) >= 11 is 0. The number of nitrogens with zero attached hydrogens (tertiary/aromatic N) is 1. The van der Waals surface area contributed by atoms with Gasteiger partial charge in [-0.2, -0.15) is 0 Å². The van der Waals surface area contributed by atoms with Crippen LogP contribution < -0.4 is 20.7 Å². The number of likely N-dealkylation sites (N-methyl/N-ethyl adjacent to an activating group) is 1. The molecule has 3 N–H and O–H groups in total. The van der Waals surface area contributed by atoms with Crippen LogP contribution in [0.2, 0.25) is 0 Å². The van der Waals surface area contributed by atoms with Gasteiger partial charge in [0.05, 0.1) is 24.5 Å². The number of ether oxygens (including phenoxy) is 1. The average Bonchev–Trinajstić information content (AvgIpc) is 3.15. The van der Waals surface area contributed by atoms with Gasteiger partial charge < -0.3 is 20.7 Å². The highest BCUT2D eigenvalue weighted by atomic mass is 16.5. The van der Waals surface area contributed by atoms with Gasteiger partial charge in [-0.05, 0) is 31.9 Å².